The number of nitrogens with one attached hydrogen (secondary N) is 1. The number of carbonyl (C=O) groups is 2. The second-order valence-electron chi connectivity index (χ2n) is 8.41. The molecule has 0 unspecified atom stereocenters. The molecule has 0 bridgehead atoms. The van der Waals surface area contributed by atoms with Gasteiger partial charge in [-0.25, -0.2) is 0 Å². The number of para-hydroxylation sites is 1. The van der Waals surface area contributed by atoms with Crippen molar-refractivity contribution in [2.75, 3.05) is 38.1 Å². The van der Waals surface area contributed by atoms with Gasteiger partial charge in [0, 0.05) is 29.0 Å². The molecular weight excluding hydrogens is 522 g/mol. The average molecular weight is 551 g/mol. The molecule has 0 spiro atoms. The molecule has 1 aliphatic heterocycles. The van der Waals surface area contributed by atoms with Gasteiger partial charge in [-0.2, -0.15) is 0 Å². The van der Waals surface area contributed by atoms with E-state index in [2.05, 4.69) is 45.3 Å². The summed E-state index contributed by atoms with van der Waals surface area (Å²) in [5, 5.41) is 2.98. The molecule has 1 aliphatic rings. The average Bonchev–Trinajstić information content (AvgIpc) is 2.86. The smallest absolute Gasteiger partial charge is 0.265 e. The molecule has 0 saturated heterocycles. The van der Waals surface area contributed by atoms with Crippen LogP contribution in [0.25, 0.3) is 6.08 Å². The van der Waals surface area contributed by atoms with Gasteiger partial charge in [-0.1, -0.05) is 82.3 Å². The first-order chi connectivity index (χ1) is 17.0. The standard InChI is InChI=1S/C28H28BrN3O2S/c1-31(16-14-21-8-3-2-4-9-21)17-15-30-27(33)20-32-24-12-5-6-13-25(24)35-26(28(32)34)19-22-10-7-11-23(29)18-22/h2-13,18-19H,14-17,20H2,1H3,(H,30,33). The maximum Gasteiger partial charge on any atom is 0.265 e. The number of thioether (sulfide) groups is 1. The van der Waals surface area contributed by atoms with E-state index in [-0.39, 0.29) is 18.4 Å². The fourth-order valence-electron chi connectivity index (χ4n) is 3.83. The molecule has 7 heteroatoms. The maximum atomic E-state index is 13.4. The van der Waals surface area contributed by atoms with Crippen molar-refractivity contribution in [3.63, 3.8) is 0 Å². The van der Waals surface area contributed by atoms with Crippen LogP contribution in [0.15, 0.2) is 93.1 Å². The minimum absolute atomic E-state index is 0.0139. The van der Waals surface area contributed by atoms with E-state index in [0.717, 1.165) is 40.1 Å². The molecule has 2 amide bonds. The third-order valence-corrected chi connectivity index (χ3v) is 7.29. The van der Waals surface area contributed by atoms with E-state index < -0.39 is 0 Å². The van der Waals surface area contributed by atoms with E-state index in [1.165, 1.54) is 17.3 Å². The van der Waals surface area contributed by atoms with Crippen LogP contribution in [0.2, 0.25) is 0 Å². The van der Waals surface area contributed by atoms with Crippen molar-refractivity contribution in [1.82, 2.24) is 10.2 Å². The van der Waals surface area contributed by atoms with Crippen molar-refractivity contribution in [2.24, 2.45) is 0 Å². The fraction of sp³-hybridized carbons (Fsp3) is 0.214. The van der Waals surface area contributed by atoms with Crippen LogP contribution in [0, 0.1) is 0 Å². The summed E-state index contributed by atoms with van der Waals surface area (Å²) in [6.07, 6.45) is 2.84. The predicted octanol–water partition coefficient (Wildman–Crippen LogP) is 5.22. The molecule has 180 valence electrons. The van der Waals surface area contributed by atoms with Crippen LogP contribution in [0.5, 0.6) is 0 Å². The lowest BCUT2D eigenvalue weighted by molar-refractivity contribution is -0.122. The summed E-state index contributed by atoms with van der Waals surface area (Å²) in [6, 6.07) is 25.9. The Bertz CT molecular complexity index is 1220. The molecule has 1 heterocycles. The molecule has 0 fully saturated rings. The van der Waals surface area contributed by atoms with E-state index in [0.29, 0.717) is 11.4 Å². The van der Waals surface area contributed by atoms with Crippen LogP contribution in [0.4, 0.5) is 5.69 Å². The van der Waals surface area contributed by atoms with Crippen LogP contribution in [-0.2, 0) is 16.0 Å². The Morgan fingerprint density at radius 3 is 2.60 bits per heavy atom. The Hall–Kier alpha value is -2.87. The summed E-state index contributed by atoms with van der Waals surface area (Å²) in [5.74, 6) is -0.331. The Morgan fingerprint density at radius 2 is 1.80 bits per heavy atom. The number of likely N-dealkylation sites (N-methyl/N-ethyl adjacent to an activating group) is 1. The van der Waals surface area contributed by atoms with Gasteiger partial charge in [-0.3, -0.25) is 14.5 Å². The minimum Gasteiger partial charge on any atom is -0.353 e. The van der Waals surface area contributed by atoms with Crippen molar-refractivity contribution in [3.8, 4) is 0 Å². The molecule has 4 rings (SSSR count). The number of amides is 2. The van der Waals surface area contributed by atoms with Gasteiger partial charge in [0.25, 0.3) is 5.91 Å². The van der Waals surface area contributed by atoms with Crippen molar-refractivity contribution in [1.29, 1.82) is 0 Å². The molecule has 0 aromatic heterocycles. The number of rotatable bonds is 9. The predicted molar refractivity (Wildman–Crippen MR) is 147 cm³/mol. The zero-order chi connectivity index (χ0) is 24.6. The first kappa shape index (κ1) is 25.2. The molecule has 3 aromatic rings. The third-order valence-electron chi connectivity index (χ3n) is 5.72. The summed E-state index contributed by atoms with van der Waals surface area (Å²) >= 11 is 4.92. The molecule has 0 radical (unpaired) electrons. The lowest BCUT2D eigenvalue weighted by Gasteiger charge is -2.30. The highest BCUT2D eigenvalue weighted by Crippen LogP contribution is 2.41. The molecule has 1 N–H and O–H groups in total. The van der Waals surface area contributed by atoms with Gasteiger partial charge >= 0.3 is 0 Å². The molecule has 0 saturated carbocycles. The quantitative estimate of drug-likeness (QED) is 0.372. The van der Waals surface area contributed by atoms with Gasteiger partial charge < -0.3 is 10.2 Å². The Morgan fingerprint density at radius 1 is 1.03 bits per heavy atom. The normalized spacial score (nSPS) is 14.3. The van der Waals surface area contributed by atoms with Gasteiger partial charge in [0.15, 0.2) is 0 Å². The van der Waals surface area contributed by atoms with E-state index in [1.54, 1.807) is 4.90 Å². The summed E-state index contributed by atoms with van der Waals surface area (Å²) < 4.78 is 0.950. The lowest BCUT2D eigenvalue weighted by Crippen LogP contribution is -2.44. The van der Waals surface area contributed by atoms with Gasteiger partial charge in [0.1, 0.15) is 6.54 Å². The topological polar surface area (TPSA) is 52.7 Å². The first-order valence-electron chi connectivity index (χ1n) is 11.5. The monoisotopic (exact) mass is 549 g/mol. The van der Waals surface area contributed by atoms with Crippen molar-refractivity contribution >= 4 is 51.3 Å². The largest absolute Gasteiger partial charge is 0.353 e. The second kappa shape index (κ2) is 12.2. The molecular formula is C28H28BrN3O2S. The molecule has 0 atom stereocenters. The number of carbonyl (C=O) groups excluding carboxylic acids is 2. The highest BCUT2D eigenvalue weighted by Gasteiger charge is 2.30. The maximum absolute atomic E-state index is 13.4. The van der Waals surface area contributed by atoms with Crippen LogP contribution in [0.3, 0.4) is 0 Å². The number of nitrogens with zero attached hydrogens (tertiary/aromatic N) is 2. The number of anilines is 1. The Kier molecular flexibility index (Phi) is 8.79. The number of fused-ring (bicyclic) bond motifs is 1. The second-order valence-corrected chi connectivity index (χ2v) is 10.4. The van der Waals surface area contributed by atoms with E-state index in [9.17, 15) is 9.59 Å². The number of hydrogen-bond donors (Lipinski definition) is 1. The van der Waals surface area contributed by atoms with Crippen LogP contribution < -0.4 is 10.2 Å². The molecule has 0 aliphatic carbocycles. The van der Waals surface area contributed by atoms with Gasteiger partial charge in [-0.05, 0) is 54.9 Å². The lowest BCUT2D eigenvalue weighted by atomic mass is 10.1. The Labute approximate surface area is 219 Å². The van der Waals surface area contributed by atoms with Crippen LogP contribution >= 0.6 is 27.7 Å². The molecule has 5 nitrogen and oxygen atoms in total. The van der Waals surface area contributed by atoms with Gasteiger partial charge in [-0.15, -0.1) is 0 Å². The Balaban J connectivity index is 1.36. The molecule has 3 aromatic carbocycles. The zero-order valence-corrected chi connectivity index (χ0v) is 22.0. The minimum atomic E-state index is -0.168. The van der Waals surface area contributed by atoms with Gasteiger partial charge in [0.05, 0.1) is 10.6 Å². The van der Waals surface area contributed by atoms with Gasteiger partial charge in [0.2, 0.25) is 5.91 Å². The van der Waals surface area contributed by atoms with Crippen LogP contribution in [0.1, 0.15) is 11.1 Å². The summed E-state index contributed by atoms with van der Waals surface area (Å²) in [6.45, 7) is 2.18. The summed E-state index contributed by atoms with van der Waals surface area (Å²) in [5.41, 5.74) is 3.00. The number of halogens is 1. The van der Waals surface area contributed by atoms with Crippen molar-refractivity contribution in [2.45, 2.75) is 11.3 Å². The summed E-state index contributed by atoms with van der Waals surface area (Å²) in [4.78, 5) is 31.5. The summed E-state index contributed by atoms with van der Waals surface area (Å²) in [7, 11) is 2.05. The van der Waals surface area contributed by atoms with Crippen LogP contribution in [-0.4, -0.2) is 49.9 Å². The van der Waals surface area contributed by atoms with Crippen molar-refractivity contribution < 1.29 is 9.59 Å². The number of benzene rings is 3. The molecule has 35 heavy (non-hydrogen) atoms. The highest BCUT2D eigenvalue weighted by atomic mass is 79.9. The van der Waals surface area contributed by atoms with E-state index in [1.807, 2.05) is 72.8 Å². The highest BCUT2D eigenvalue weighted by molar-refractivity contribution is 9.10. The van der Waals surface area contributed by atoms with Crippen molar-refractivity contribution in [3.05, 3.63) is 99.4 Å². The third kappa shape index (κ3) is 7.07. The van der Waals surface area contributed by atoms with E-state index in [4.69, 9.17) is 0 Å². The van der Waals surface area contributed by atoms with E-state index >= 15 is 0 Å². The SMILES string of the molecule is CN(CCNC(=O)CN1C(=O)C(=Cc2cccc(Br)c2)Sc2ccccc21)CCc1ccccc1. The fourth-order valence-corrected chi connectivity index (χ4v) is 5.30. The number of hydrogen-bond acceptors (Lipinski definition) is 4. The first-order valence-corrected chi connectivity index (χ1v) is 13.2. The zero-order valence-electron chi connectivity index (χ0n) is 19.6.